The van der Waals surface area contributed by atoms with Gasteiger partial charge >= 0.3 is 0 Å². The normalized spacial score (nSPS) is 25.1. The van der Waals surface area contributed by atoms with E-state index >= 15 is 0 Å². The topological polar surface area (TPSA) is 3.24 Å². The third kappa shape index (κ3) is 2.17. The van der Waals surface area contributed by atoms with E-state index in [1.165, 1.54) is 12.1 Å². The van der Waals surface area contributed by atoms with Crippen molar-refractivity contribution in [2.45, 2.75) is 19.7 Å². The monoisotopic (exact) mass is 241 g/mol. The zero-order valence-electron chi connectivity index (χ0n) is 9.71. The van der Waals surface area contributed by atoms with Crippen LogP contribution < -0.4 is 4.90 Å². The smallest absolute Gasteiger partial charge is 0.123 e. The van der Waals surface area contributed by atoms with Crippen LogP contribution in [0.4, 0.5) is 10.1 Å². The van der Waals surface area contributed by atoms with E-state index in [4.69, 9.17) is 11.6 Å². The Kier molecular flexibility index (Phi) is 3.38. The van der Waals surface area contributed by atoms with Crippen LogP contribution in [-0.4, -0.2) is 13.1 Å². The summed E-state index contributed by atoms with van der Waals surface area (Å²) in [7, 11) is 0. The van der Waals surface area contributed by atoms with E-state index in [-0.39, 0.29) is 5.82 Å². The third-order valence-corrected chi connectivity index (χ3v) is 3.80. The number of anilines is 1. The zero-order valence-corrected chi connectivity index (χ0v) is 10.5. The number of benzene rings is 1. The number of hydrogen-bond acceptors (Lipinski definition) is 1. The van der Waals surface area contributed by atoms with Crippen LogP contribution in [0.1, 0.15) is 19.4 Å². The van der Waals surface area contributed by atoms with Crippen molar-refractivity contribution in [3.05, 3.63) is 29.6 Å². The van der Waals surface area contributed by atoms with Gasteiger partial charge in [-0.05, 0) is 35.6 Å². The third-order valence-electron chi connectivity index (χ3n) is 3.51. The molecule has 0 amide bonds. The molecule has 1 aliphatic heterocycles. The molecule has 0 bridgehead atoms. The second-order valence-electron chi connectivity index (χ2n) is 4.77. The molecular formula is C13H17ClFN. The van der Waals surface area contributed by atoms with Crippen molar-refractivity contribution in [2.24, 2.45) is 11.8 Å². The molecule has 2 atom stereocenters. The summed E-state index contributed by atoms with van der Waals surface area (Å²) in [5.41, 5.74) is 1.98. The second kappa shape index (κ2) is 4.62. The van der Waals surface area contributed by atoms with Crippen LogP contribution in [0.25, 0.3) is 0 Å². The van der Waals surface area contributed by atoms with E-state index in [0.29, 0.717) is 17.7 Å². The summed E-state index contributed by atoms with van der Waals surface area (Å²) in [6, 6.07) is 4.90. The lowest BCUT2D eigenvalue weighted by Crippen LogP contribution is -2.20. The maximum Gasteiger partial charge on any atom is 0.123 e. The number of nitrogens with zero attached hydrogens (tertiary/aromatic N) is 1. The quantitative estimate of drug-likeness (QED) is 0.715. The van der Waals surface area contributed by atoms with Crippen LogP contribution in [0.2, 0.25) is 0 Å². The van der Waals surface area contributed by atoms with E-state index < -0.39 is 0 Å². The van der Waals surface area contributed by atoms with Gasteiger partial charge in [0.1, 0.15) is 5.82 Å². The summed E-state index contributed by atoms with van der Waals surface area (Å²) in [5.74, 6) is 1.54. The van der Waals surface area contributed by atoms with Crippen LogP contribution in [0.3, 0.4) is 0 Å². The molecule has 0 aromatic heterocycles. The van der Waals surface area contributed by atoms with Crippen molar-refractivity contribution in [1.29, 1.82) is 0 Å². The van der Waals surface area contributed by atoms with Gasteiger partial charge in [0.2, 0.25) is 0 Å². The van der Waals surface area contributed by atoms with E-state index in [1.54, 1.807) is 0 Å². The molecule has 2 rings (SSSR count). The molecule has 1 nitrogen and oxygen atoms in total. The van der Waals surface area contributed by atoms with Crippen molar-refractivity contribution in [2.75, 3.05) is 18.0 Å². The average molecular weight is 242 g/mol. The van der Waals surface area contributed by atoms with Crippen LogP contribution in [0.15, 0.2) is 18.2 Å². The number of alkyl halides is 1. The van der Waals surface area contributed by atoms with Gasteiger partial charge in [0.05, 0.1) is 0 Å². The first-order chi connectivity index (χ1) is 7.61. The first-order valence-corrected chi connectivity index (χ1v) is 6.24. The van der Waals surface area contributed by atoms with Gasteiger partial charge in [-0.2, -0.15) is 0 Å². The van der Waals surface area contributed by atoms with Crippen molar-refractivity contribution in [3.8, 4) is 0 Å². The summed E-state index contributed by atoms with van der Waals surface area (Å²) in [6.07, 6.45) is 0. The molecule has 0 N–H and O–H groups in total. The fraction of sp³-hybridized carbons (Fsp3) is 0.538. The molecule has 1 heterocycles. The number of halogens is 2. The van der Waals surface area contributed by atoms with Gasteiger partial charge in [-0.1, -0.05) is 13.8 Å². The van der Waals surface area contributed by atoms with Crippen molar-refractivity contribution >= 4 is 17.3 Å². The van der Waals surface area contributed by atoms with Crippen molar-refractivity contribution < 1.29 is 4.39 Å². The minimum atomic E-state index is -0.209. The van der Waals surface area contributed by atoms with Gasteiger partial charge in [0, 0.05) is 24.7 Å². The van der Waals surface area contributed by atoms with Gasteiger partial charge < -0.3 is 4.90 Å². The Morgan fingerprint density at radius 1 is 1.31 bits per heavy atom. The lowest BCUT2D eigenvalue weighted by molar-refractivity contribution is 0.494. The van der Waals surface area contributed by atoms with Gasteiger partial charge in [-0.25, -0.2) is 4.39 Å². The molecule has 0 saturated carbocycles. The van der Waals surface area contributed by atoms with E-state index in [9.17, 15) is 4.39 Å². The van der Waals surface area contributed by atoms with Gasteiger partial charge in [0.15, 0.2) is 0 Å². The molecular weight excluding hydrogens is 225 g/mol. The molecule has 1 fully saturated rings. The molecule has 1 aliphatic rings. The second-order valence-corrected chi connectivity index (χ2v) is 5.03. The molecule has 1 saturated heterocycles. The minimum Gasteiger partial charge on any atom is -0.371 e. The van der Waals surface area contributed by atoms with Crippen LogP contribution in [0.5, 0.6) is 0 Å². The van der Waals surface area contributed by atoms with Crippen LogP contribution in [0, 0.1) is 17.7 Å². The predicted molar refractivity (Wildman–Crippen MR) is 66.5 cm³/mol. The largest absolute Gasteiger partial charge is 0.371 e. The molecule has 0 radical (unpaired) electrons. The highest BCUT2D eigenvalue weighted by Gasteiger charge is 2.27. The van der Waals surface area contributed by atoms with Crippen LogP contribution in [-0.2, 0) is 5.88 Å². The predicted octanol–water partition coefficient (Wildman–Crippen LogP) is 3.66. The standard InChI is InChI=1S/C13H17ClFN/c1-9-7-16(8-10(9)2)13-4-3-12(15)5-11(13)6-14/h3-5,9-10H,6-8H2,1-2H3. The maximum absolute atomic E-state index is 13.1. The Morgan fingerprint density at radius 2 is 1.94 bits per heavy atom. The Morgan fingerprint density at radius 3 is 2.50 bits per heavy atom. The number of rotatable bonds is 2. The molecule has 0 spiro atoms. The Hall–Kier alpha value is -0.760. The van der Waals surface area contributed by atoms with E-state index in [2.05, 4.69) is 18.7 Å². The Labute approximate surface area is 101 Å². The molecule has 0 aliphatic carbocycles. The van der Waals surface area contributed by atoms with Crippen molar-refractivity contribution in [1.82, 2.24) is 0 Å². The minimum absolute atomic E-state index is 0.209. The van der Waals surface area contributed by atoms with Gasteiger partial charge in [-0.3, -0.25) is 0 Å². The molecule has 1 aromatic carbocycles. The lowest BCUT2D eigenvalue weighted by Gasteiger charge is -2.21. The maximum atomic E-state index is 13.1. The average Bonchev–Trinajstić information content (AvgIpc) is 2.59. The molecule has 16 heavy (non-hydrogen) atoms. The van der Waals surface area contributed by atoms with Crippen LogP contribution >= 0.6 is 11.6 Å². The molecule has 1 aromatic rings. The highest BCUT2D eigenvalue weighted by molar-refractivity contribution is 6.17. The van der Waals surface area contributed by atoms with E-state index in [0.717, 1.165) is 24.3 Å². The number of hydrogen-bond donors (Lipinski definition) is 0. The molecule has 2 unspecified atom stereocenters. The highest BCUT2D eigenvalue weighted by atomic mass is 35.5. The first-order valence-electron chi connectivity index (χ1n) is 5.71. The fourth-order valence-corrected chi connectivity index (χ4v) is 2.51. The Bertz CT molecular complexity index is 370. The van der Waals surface area contributed by atoms with Gasteiger partial charge in [-0.15, -0.1) is 11.6 Å². The SMILES string of the molecule is CC1CN(c2ccc(F)cc2CCl)CC1C. The summed E-state index contributed by atoms with van der Waals surface area (Å²) in [4.78, 5) is 2.31. The highest BCUT2D eigenvalue weighted by Crippen LogP contribution is 2.31. The fourth-order valence-electron chi connectivity index (χ4n) is 2.30. The summed E-state index contributed by atoms with van der Waals surface area (Å²) >= 11 is 5.86. The first kappa shape index (κ1) is 11.7. The zero-order chi connectivity index (χ0) is 11.7. The summed E-state index contributed by atoms with van der Waals surface area (Å²) in [5, 5.41) is 0. The Balaban J connectivity index is 2.27. The summed E-state index contributed by atoms with van der Waals surface area (Å²) in [6.45, 7) is 6.59. The van der Waals surface area contributed by atoms with Gasteiger partial charge in [0.25, 0.3) is 0 Å². The molecule has 3 heteroatoms. The van der Waals surface area contributed by atoms with E-state index in [1.807, 2.05) is 6.07 Å². The lowest BCUT2D eigenvalue weighted by atomic mass is 10.0. The molecule has 88 valence electrons. The van der Waals surface area contributed by atoms with Crippen molar-refractivity contribution in [3.63, 3.8) is 0 Å². The summed E-state index contributed by atoms with van der Waals surface area (Å²) < 4.78 is 13.1.